The highest BCUT2D eigenvalue weighted by Crippen LogP contribution is 2.35. The molecule has 0 bridgehead atoms. The van der Waals surface area contributed by atoms with E-state index in [0.717, 1.165) is 22.6 Å². The lowest BCUT2D eigenvalue weighted by atomic mass is 9.98. The van der Waals surface area contributed by atoms with E-state index in [2.05, 4.69) is 10.6 Å². The summed E-state index contributed by atoms with van der Waals surface area (Å²) in [5.74, 6) is -1.99. The molecule has 1 aliphatic carbocycles. The summed E-state index contributed by atoms with van der Waals surface area (Å²) in [6.07, 6.45) is 4.65. The number of Topliss-reactive ketones (excluding diaryl/α,β-unsaturated/α-hetero) is 1. The number of rotatable bonds is 7. The molecule has 2 fully saturated rings. The van der Waals surface area contributed by atoms with E-state index in [0.29, 0.717) is 18.5 Å². The lowest BCUT2D eigenvalue weighted by Crippen LogP contribution is -2.44. The van der Waals surface area contributed by atoms with Gasteiger partial charge in [0.15, 0.2) is 12.4 Å². The highest BCUT2D eigenvalue weighted by molar-refractivity contribution is 7.98. The van der Waals surface area contributed by atoms with Crippen molar-refractivity contribution < 1.29 is 28.7 Å². The van der Waals surface area contributed by atoms with Gasteiger partial charge in [0.05, 0.1) is 5.69 Å². The molecule has 0 unspecified atom stereocenters. The summed E-state index contributed by atoms with van der Waals surface area (Å²) in [6.45, 7) is 0.292. The van der Waals surface area contributed by atoms with Crippen LogP contribution >= 0.6 is 11.8 Å². The predicted octanol–water partition coefficient (Wildman–Crippen LogP) is 1.96. The fourth-order valence-corrected chi connectivity index (χ4v) is 4.24. The van der Waals surface area contributed by atoms with E-state index >= 15 is 0 Å². The summed E-state index contributed by atoms with van der Waals surface area (Å²) in [6, 6.07) is 4.18. The second-order valence-electron chi connectivity index (χ2n) is 7.29. The maximum absolute atomic E-state index is 12.6. The molecule has 0 radical (unpaired) electrons. The van der Waals surface area contributed by atoms with Crippen LogP contribution in [0.4, 0.5) is 10.5 Å². The Morgan fingerprint density at radius 3 is 2.57 bits per heavy atom. The van der Waals surface area contributed by atoms with Gasteiger partial charge in [-0.15, -0.1) is 11.8 Å². The van der Waals surface area contributed by atoms with Gasteiger partial charge < -0.3 is 15.4 Å². The largest absolute Gasteiger partial charge is 0.456 e. The summed E-state index contributed by atoms with van der Waals surface area (Å²) in [5.41, 5.74) is -0.135. The number of urea groups is 1. The first-order valence-corrected chi connectivity index (χ1v) is 10.8. The third-order valence-electron chi connectivity index (χ3n) is 5.19. The Morgan fingerprint density at radius 1 is 1.23 bits per heavy atom. The Balaban J connectivity index is 1.58. The zero-order valence-corrected chi connectivity index (χ0v) is 17.6. The van der Waals surface area contributed by atoms with Crippen LogP contribution in [0.1, 0.15) is 43.0 Å². The van der Waals surface area contributed by atoms with Crippen LogP contribution in [0.15, 0.2) is 23.1 Å². The third kappa shape index (κ3) is 4.48. The topological polar surface area (TPSA) is 122 Å². The number of esters is 1. The van der Waals surface area contributed by atoms with Crippen LogP contribution in [0.25, 0.3) is 0 Å². The Hall–Kier alpha value is -2.88. The highest BCUT2D eigenvalue weighted by Gasteiger charge is 2.52. The summed E-state index contributed by atoms with van der Waals surface area (Å²) < 4.78 is 4.99. The Morgan fingerprint density at radius 2 is 1.93 bits per heavy atom. The SMILES string of the molecule is CSc1ccc(C(=O)COC(=O)CN2C(=O)NC3(CCCC3)C2=O)cc1NC(C)=O. The molecular formula is C20H23N3O6S. The van der Waals surface area contributed by atoms with Crippen LogP contribution in [0, 0.1) is 0 Å². The Kier molecular flexibility index (Phi) is 6.45. The van der Waals surface area contributed by atoms with Gasteiger partial charge in [-0.3, -0.25) is 24.1 Å². The van der Waals surface area contributed by atoms with Crippen molar-refractivity contribution in [3.8, 4) is 0 Å². The number of hydrogen-bond acceptors (Lipinski definition) is 7. The fourth-order valence-electron chi connectivity index (χ4n) is 3.71. The van der Waals surface area contributed by atoms with Crippen molar-refractivity contribution in [1.29, 1.82) is 0 Å². The second kappa shape index (κ2) is 8.86. The van der Waals surface area contributed by atoms with Crippen molar-refractivity contribution in [3.05, 3.63) is 23.8 Å². The van der Waals surface area contributed by atoms with Gasteiger partial charge in [-0.25, -0.2) is 4.79 Å². The predicted molar refractivity (Wildman–Crippen MR) is 109 cm³/mol. The molecule has 1 heterocycles. The van der Waals surface area contributed by atoms with Gasteiger partial charge in [0.25, 0.3) is 5.91 Å². The minimum Gasteiger partial charge on any atom is -0.456 e. The molecule has 1 spiro atoms. The number of thioether (sulfide) groups is 1. The molecule has 0 atom stereocenters. The van der Waals surface area contributed by atoms with E-state index in [1.165, 1.54) is 24.8 Å². The quantitative estimate of drug-likeness (QED) is 0.292. The van der Waals surface area contributed by atoms with Gasteiger partial charge in [-0.2, -0.15) is 0 Å². The van der Waals surface area contributed by atoms with Crippen LogP contribution in [0.5, 0.6) is 0 Å². The summed E-state index contributed by atoms with van der Waals surface area (Å²) in [4.78, 5) is 62.2. The Labute approximate surface area is 177 Å². The van der Waals surface area contributed by atoms with Crippen molar-refractivity contribution in [2.75, 3.05) is 24.7 Å². The number of ketones is 1. The van der Waals surface area contributed by atoms with E-state index < -0.39 is 42.4 Å². The smallest absolute Gasteiger partial charge is 0.326 e. The molecule has 9 nitrogen and oxygen atoms in total. The number of amides is 4. The molecule has 4 amide bonds. The molecule has 30 heavy (non-hydrogen) atoms. The number of hydrogen-bond donors (Lipinski definition) is 2. The van der Waals surface area contributed by atoms with E-state index in [4.69, 9.17) is 4.74 Å². The van der Waals surface area contributed by atoms with Gasteiger partial charge in [0, 0.05) is 17.4 Å². The number of anilines is 1. The number of carbonyl (C=O) groups excluding carboxylic acids is 5. The van der Waals surface area contributed by atoms with E-state index in [-0.39, 0.29) is 11.5 Å². The van der Waals surface area contributed by atoms with E-state index in [1.54, 1.807) is 12.1 Å². The van der Waals surface area contributed by atoms with Crippen molar-refractivity contribution in [2.24, 2.45) is 0 Å². The van der Waals surface area contributed by atoms with Crippen molar-refractivity contribution in [1.82, 2.24) is 10.2 Å². The first kappa shape index (κ1) is 21.8. The monoisotopic (exact) mass is 433 g/mol. The molecule has 2 N–H and O–H groups in total. The molecule has 0 aromatic heterocycles. The van der Waals surface area contributed by atoms with Crippen molar-refractivity contribution in [2.45, 2.75) is 43.0 Å². The molecule has 10 heteroatoms. The van der Waals surface area contributed by atoms with Gasteiger partial charge in [0.1, 0.15) is 12.1 Å². The van der Waals surface area contributed by atoms with E-state index in [9.17, 15) is 24.0 Å². The maximum atomic E-state index is 12.6. The number of benzene rings is 1. The molecule has 3 rings (SSSR count). The first-order valence-electron chi connectivity index (χ1n) is 9.54. The van der Waals surface area contributed by atoms with Crippen molar-refractivity contribution >= 4 is 47.0 Å². The van der Waals surface area contributed by atoms with Gasteiger partial charge in [-0.1, -0.05) is 18.9 Å². The molecule has 2 aliphatic rings. The molecule has 1 saturated carbocycles. The number of carbonyl (C=O) groups is 5. The summed E-state index contributed by atoms with van der Waals surface area (Å²) in [7, 11) is 0. The van der Waals surface area contributed by atoms with Gasteiger partial charge in [-0.05, 0) is 31.2 Å². The van der Waals surface area contributed by atoms with Crippen LogP contribution < -0.4 is 10.6 Å². The van der Waals surface area contributed by atoms with E-state index in [1.807, 2.05) is 6.26 Å². The average Bonchev–Trinajstić information content (AvgIpc) is 3.26. The molecule has 1 aliphatic heterocycles. The van der Waals surface area contributed by atoms with Gasteiger partial charge in [0.2, 0.25) is 5.91 Å². The minimum absolute atomic E-state index is 0.268. The van der Waals surface area contributed by atoms with Crippen LogP contribution in [-0.2, 0) is 19.1 Å². The molecule has 1 saturated heterocycles. The lowest BCUT2D eigenvalue weighted by molar-refractivity contribution is -0.146. The summed E-state index contributed by atoms with van der Waals surface area (Å²) >= 11 is 1.42. The van der Waals surface area contributed by atoms with Crippen LogP contribution in [0.2, 0.25) is 0 Å². The minimum atomic E-state index is -0.896. The highest BCUT2D eigenvalue weighted by atomic mass is 32.2. The maximum Gasteiger partial charge on any atom is 0.326 e. The Bertz CT molecular complexity index is 910. The number of ether oxygens (including phenoxy) is 1. The van der Waals surface area contributed by atoms with Crippen molar-refractivity contribution in [3.63, 3.8) is 0 Å². The second-order valence-corrected chi connectivity index (χ2v) is 8.14. The normalized spacial score (nSPS) is 17.2. The first-order chi connectivity index (χ1) is 14.3. The molecular weight excluding hydrogens is 410 g/mol. The lowest BCUT2D eigenvalue weighted by Gasteiger charge is -2.19. The zero-order chi connectivity index (χ0) is 21.9. The standard InChI is InChI=1S/C20H23N3O6S/c1-12(24)21-14-9-13(5-6-16(14)30-2)15(25)11-29-17(26)10-23-18(27)20(22-19(23)28)7-3-4-8-20/h5-6,9H,3-4,7-8,10-11H2,1-2H3,(H,21,24)(H,22,28). The molecule has 1 aromatic carbocycles. The van der Waals surface area contributed by atoms with Crippen LogP contribution in [0.3, 0.4) is 0 Å². The number of nitrogens with one attached hydrogen (secondary N) is 2. The molecule has 160 valence electrons. The fraction of sp³-hybridized carbons (Fsp3) is 0.450. The third-order valence-corrected chi connectivity index (χ3v) is 5.98. The van der Waals surface area contributed by atoms with Crippen LogP contribution in [-0.4, -0.2) is 59.4 Å². The zero-order valence-electron chi connectivity index (χ0n) is 16.8. The number of nitrogens with zero attached hydrogens (tertiary/aromatic N) is 1. The van der Waals surface area contributed by atoms with Gasteiger partial charge >= 0.3 is 12.0 Å². The number of imide groups is 1. The summed E-state index contributed by atoms with van der Waals surface area (Å²) in [5, 5.41) is 5.34. The molecule has 1 aromatic rings. The average molecular weight is 433 g/mol.